The van der Waals surface area contributed by atoms with Crippen molar-refractivity contribution >= 4 is 18.0 Å². The standard InChI is InChI=1S/C18H25N3O5/c1-11(2)8-14(19)17(23)21-10-13(9-15(21)26-18(24)25)20-16(22)12-6-4-3-5-7-12/h3-7,11,13-15H,8-10,19H2,1-2H3,(H,20,22)(H,24,25)/t13-,14?,15+/m1/s1. The van der Waals surface area contributed by atoms with Gasteiger partial charge in [0.1, 0.15) is 0 Å². The zero-order chi connectivity index (χ0) is 19.3. The fourth-order valence-electron chi connectivity index (χ4n) is 3.04. The van der Waals surface area contributed by atoms with E-state index >= 15 is 0 Å². The molecule has 26 heavy (non-hydrogen) atoms. The number of carboxylic acid groups (broad SMARTS) is 1. The minimum Gasteiger partial charge on any atom is -0.450 e. The van der Waals surface area contributed by atoms with Gasteiger partial charge in [-0.3, -0.25) is 9.59 Å². The third kappa shape index (κ3) is 5.19. The number of ether oxygens (including phenoxy) is 1. The monoisotopic (exact) mass is 363 g/mol. The molecule has 0 radical (unpaired) electrons. The second-order valence-corrected chi connectivity index (χ2v) is 6.84. The maximum atomic E-state index is 12.6. The molecule has 1 aromatic rings. The molecule has 1 heterocycles. The number of amides is 2. The van der Waals surface area contributed by atoms with E-state index < -0.39 is 24.5 Å². The molecule has 0 saturated carbocycles. The topological polar surface area (TPSA) is 122 Å². The normalized spacial score (nSPS) is 20.7. The molecule has 0 aromatic heterocycles. The minimum absolute atomic E-state index is 0.154. The van der Waals surface area contributed by atoms with E-state index in [1.807, 2.05) is 13.8 Å². The molecular formula is C18H25N3O5. The molecule has 0 aliphatic carbocycles. The summed E-state index contributed by atoms with van der Waals surface area (Å²) in [5, 5.41) is 11.7. The molecule has 3 atom stereocenters. The van der Waals surface area contributed by atoms with E-state index in [1.54, 1.807) is 30.3 Å². The van der Waals surface area contributed by atoms with Crippen LogP contribution < -0.4 is 11.1 Å². The average Bonchev–Trinajstić information content (AvgIpc) is 2.95. The lowest BCUT2D eigenvalue weighted by Gasteiger charge is -2.26. The van der Waals surface area contributed by atoms with Crippen LogP contribution in [-0.4, -0.2) is 52.8 Å². The SMILES string of the molecule is CC(C)CC(N)C(=O)N1C[C@H](NC(=O)c2ccccc2)C[C@@H]1OC(=O)O. The van der Waals surface area contributed by atoms with Crippen molar-refractivity contribution in [1.29, 1.82) is 0 Å². The van der Waals surface area contributed by atoms with Crippen molar-refractivity contribution in [1.82, 2.24) is 10.2 Å². The van der Waals surface area contributed by atoms with E-state index in [4.69, 9.17) is 15.6 Å². The van der Waals surface area contributed by atoms with Gasteiger partial charge in [0.05, 0.1) is 12.1 Å². The van der Waals surface area contributed by atoms with Crippen LogP contribution in [0, 0.1) is 5.92 Å². The van der Waals surface area contributed by atoms with Crippen molar-refractivity contribution in [2.75, 3.05) is 6.54 Å². The number of benzene rings is 1. The van der Waals surface area contributed by atoms with Crippen LogP contribution in [0.15, 0.2) is 30.3 Å². The lowest BCUT2D eigenvalue weighted by Crippen LogP contribution is -2.48. The molecule has 4 N–H and O–H groups in total. The Balaban J connectivity index is 2.06. The predicted molar refractivity (Wildman–Crippen MR) is 94.4 cm³/mol. The van der Waals surface area contributed by atoms with E-state index in [9.17, 15) is 14.4 Å². The molecule has 1 aliphatic heterocycles. The summed E-state index contributed by atoms with van der Waals surface area (Å²) < 4.78 is 4.83. The largest absolute Gasteiger partial charge is 0.507 e. The smallest absolute Gasteiger partial charge is 0.450 e. The number of nitrogens with zero attached hydrogens (tertiary/aromatic N) is 1. The van der Waals surface area contributed by atoms with Gasteiger partial charge in [0, 0.05) is 18.5 Å². The molecular weight excluding hydrogens is 338 g/mol. The summed E-state index contributed by atoms with van der Waals surface area (Å²) in [6.45, 7) is 4.05. The Kier molecular flexibility index (Phi) is 6.57. The van der Waals surface area contributed by atoms with Crippen molar-refractivity contribution in [3.05, 3.63) is 35.9 Å². The van der Waals surface area contributed by atoms with Crippen LogP contribution in [0.5, 0.6) is 0 Å². The van der Waals surface area contributed by atoms with E-state index in [0.29, 0.717) is 12.0 Å². The van der Waals surface area contributed by atoms with Gasteiger partial charge < -0.3 is 25.8 Å². The van der Waals surface area contributed by atoms with Crippen molar-refractivity contribution < 1.29 is 24.2 Å². The molecule has 2 rings (SSSR count). The Morgan fingerprint density at radius 2 is 1.96 bits per heavy atom. The maximum Gasteiger partial charge on any atom is 0.507 e. The Bertz CT molecular complexity index is 649. The van der Waals surface area contributed by atoms with Gasteiger partial charge in [0.2, 0.25) is 5.91 Å². The molecule has 142 valence electrons. The summed E-state index contributed by atoms with van der Waals surface area (Å²) in [4.78, 5) is 37.1. The number of rotatable bonds is 6. The van der Waals surface area contributed by atoms with Crippen molar-refractivity contribution in [3.63, 3.8) is 0 Å². The summed E-state index contributed by atoms with van der Waals surface area (Å²) in [7, 11) is 0. The molecule has 8 nitrogen and oxygen atoms in total. The van der Waals surface area contributed by atoms with Gasteiger partial charge in [-0.1, -0.05) is 32.0 Å². The average molecular weight is 363 g/mol. The molecule has 0 spiro atoms. The maximum absolute atomic E-state index is 12.6. The predicted octanol–water partition coefficient (Wildman–Crippen LogP) is 1.41. The van der Waals surface area contributed by atoms with Crippen molar-refractivity contribution in [3.8, 4) is 0 Å². The highest BCUT2D eigenvalue weighted by Gasteiger charge is 2.40. The quantitative estimate of drug-likeness (QED) is 0.657. The Morgan fingerprint density at radius 3 is 2.54 bits per heavy atom. The first kappa shape index (κ1) is 19.7. The van der Waals surface area contributed by atoms with Gasteiger partial charge >= 0.3 is 6.16 Å². The van der Waals surface area contributed by atoms with Crippen LogP contribution in [0.25, 0.3) is 0 Å². The molecule has 8 heteroatoms. The minimum atomic E-state index is -1.47. The highest BCUT2D eigenvalue weighted by atomic mass is 16.7. The zero-order valence-corrected chi connectivity index (χ0v) is 14.9. The zero-order valence-electron chi connectivity index (χ0n) is 14.9. The van der Waals surface area contributed by atoms with Gasteiger partial charge in [-0.2, -0.15) is 0 Å². The first-order valence-corrected chi connectivity index (χ1v) is 8.59. The highest BCUT2D eigenvalue weighted by Crippen LogP contribution is 2.22. The number of carbonyl (C=O) groups excluding carboxylic acids is 2. The summed E-state index contributed by atoms with van der Waals surface area (Å²) >= 11 is 0. The summed E-state index contributed by atoms with van der Waals surface area (Å²) in [5.41, 5.74) is 6.44. The van der Waals surface area contributed by atoms with Crippen LogP contribution in [0.3, 0.4) is 0 Å². The lowest BCUT2D eigenvalue weighted by atomic mass is 10.0. The fourth-order valence-corrected chi connectivity index (χ4v) is 3.04. The summed E-state index contributed by atoms with van der Waals surface area (Å²) in [6.07, 6.45) is -1.76. The Hall–Kier alpha value is -2.61. The Labute approximate surface area is 152 Å². The lowest BCUT2D eigenvalue weighted by molar-refractivity contribution is -0.140. The molecule has 1 saturated heterocycles. The van der Waals surface area contributed by atoms with Crippen molar-refractivity contribution in [2.45, 2.75) is 45.0 Å². The van der Waals surface area contributed by atoms with Crippen molar-refractivity contribution in [2.24, 2.45) is 11.7 Å². The fraction of sp³-hybridized carbons (Fsp3) is 0.500. The van der Waals surface area contributed by atoms with Crippen LogP contribution in [0.1, 0.15) is 37.0 Å². The number of hydrogen-bond donors (Lipinski definition) is 3. The third-order valence-corrected chi connectivity index (χ3v) is 4.18. The number of nitrogens with two attached hydrogens (primary N) is 1. The van der Waals surface area contributed by atoms with E-state index in [0.717, 1.165) is 0 Å². The van der Waals surface area contributed by atoms with Gasteiger partial charge in [-0.25, -0.2) is 4.79 Å². The summed E-state index contributed by atoms with van der Waals surface area (Å²) in [6, 6.07) is 7.51. The molecule has 1 fully saturated rings. The molecule has 2 amide bonds. The van der Waals surface area contributed by atoms with Crippen LogP contribution in [0.4, 0.5) is 4.79 Å². The van der Waals surface area contributed by atoms with Gasteiger partial charge in [0.25, 0.3) is 5.91 Å². The van der Waals surface area contributed by atoms with Gasteiger partial charge in [-0.05, 0) is 24.5 Å². The first-order valence-electron chi connectivity index (χ1n) is 8.59. The molecule has 1 unspecified atom stereocenters. The van der Waals surface area contributed by atoms with E-state index in [-0.39, 0.29) is 30.7 Å². The van der Waals surface area contributed by atoms with Crippen LogP contribution in [0.2, 0.25) is 0 Å². The second kappa shape index (κ2) is 8.66. The number of carbonyl (C=O) groups is 3. The first-order chi connectivity index (χ1) is 12.3. The molecule has 1 aromatic carbocycles. The van der Waals surface area contributed by atoms with Crippen LogP contribution in [-0.2, 0) is 9.53 Å². The highest BCUT2D eigenvalue weighted by molar-refractivity contribution is 5.94. The number of likely N-dealkylation sites (tertiary alicyclic amines) is 1. The summed E-state index contributed by atoms with van der Waals surface area (Å²) in [5.74, 6) is -0.434. The van der Waals surface area contributed by atoms with Gasteiger partial charge in [0.15, 0.2) is 6.23 Å². The van der Waals surface area contributed by atoms with E-state index in [2.05, 4.69) is 5.32 Å². The Morgan fingerprint density at radius 1 is 1.31 bits per heavy atom. The molecule has 0 bridgehead atoms. The third-order valence-electron chi connectivity index (χ3n) is 4.18. The van der Waals surface area contributed by atoms with Gasteiger partial charge in [-0.15, -0.1) is 0 Å². The second-order valence-electron chi connectivity index (χ2n) is 6.84. The molecule has 1 aliphatic rings. The van der Waals surface area contributed by atoms with E-state index in [1.165, 1.54) is 4.90 Å². The number of hydrogen-bond acceptors (Lipinski definition) is 5. The number of nitrogens with one attached hydrogen (secondary N) is 1. The van der Waals surface area contributed by atoms with Crippen LogP contribution >= 0.6 is 0 Å².